The van der Waals surface area contributed by atoms with Gasteiger partial charge in [0.15, 0.2) is 0 Å². The van der Waals surface area contributed by atoms with Gasteiger partial charge in [-0.1, -0.05) is 12.1 Å². The van der Waals surface area contributed by atoms with E-state index in [1.165, 1.54) is 0 Å². The number of amides is 2. The van der Waals surface area contributed by atoms with Gasteiger partial charge in [0.1, 0.15) is 17.3 Å². The Kier molecular flexibility index (Phi) is 6.90. The quantitative estimate of drug-likeness (QED) is 0.639. The summed E-state index contributed by atoms with van der Waals surface area (Å²) >= 11 is 0. The van der Waals surface area contributed by atoms with Crippen molar-refractivity contribution in [1.29, 1.82) is 0 Å². The van der Waals surface area contributed by atoms with E-state index in [9.17, 15) is 9.59 Å². The van der Waals surface area contributed by atoms with Gasteiger partial charge >= 0.3 is 0 Å². The molecule has 0 spiro atoms. The minimum absolute atomic E-state index is 0.0465. The van der Waals surface area contributed by atoms with Crippen LogP contribution in [-0.4, -0.2) is 70.4 Å². The van der Waals surface area contributed by atoms with Crippen LogP contribution in [0.4, 0.5) is 11.8 Å². The van der Waals surface area contributed by atoms with Crippen molar-refractivity contribution in [2.24, 2.45) is 0 Å². The number of hydrogen-bond donors (Lipinski definition) is 1. The number of rotatable bonds is 8. The summed E-state index contributed by atoms with van der Waals surface area (Å²) in [6.07, 6.45) is 0. The van der Waals surface area contributed by atoms with E-state index >= 15 is 0 Å². The number of carbonyl (C=O) groups excluding carboxylic acids is 2. The second kappa shape index (κ2) is 9.87. The SMILES string of the molecule is CCOc1ccc(C(C)Nc2nc(N3CCN(CC)C(=O)C3)nc3c2CN(C(C)C)C3=O)cc1. The minimum atomic E-state index is -0.0936. The zero-order chi connectivity index (χ0) is 24.4. The second-order valence-electron chi connectivity index (χ2n) is 8.99. The molecule has 1 aromatic carbocycles. The number of benzene rings is 1. The lowest BCUT2D eigenvalue weighted by Gasteiger charge is -2.34. The van der Waals surface area contributed by atoms with E-state index in [0.717, 1.165) is 16.9 Å². The number of likely N-dealkylation sites (N-methyl/N-ethyl adjacent to an activating group) is 1. The first-order valence-electron chi connectivity index (χ1n) is 12.1. The number of aromatic nitrogens is 2. The molecule has 3 heterocycles. The molecule has 2 amide bonds. The monoisotopic (exact) mass is 466 g/mol. The second-order valence-corrected chi connectivity index (χ2v) is 8.99. The number of ether oxygens (including phenoxy) is 1. The van der Waals surface area contributed by atoms with Gasteiger partial charge in [-0.25, -0.2) is 4.98 Å². The van der Waals surface area contributed by atoms with Crippen LogP contribution in [0.3, 0.4) is 0 Å². The molecular weight excluding hydrogens is 432 g/mol. The molecule has 0 radical (unpaired) electrons. The number of piperazine rings is 1. The molecule has 1 atom stereocenters. The average Bonchev–Trinajstić information content (AvgIpc) is 3.16. The molecular formula is C25H34N6O3. The summed E-state index contributed by atoms with van der Waals surface area (Å²) in [5, 5.41) is 3.51. The van der Waals surface area contributed by atoms with Crippen LogP contribution in [0.5, 0.6) is 5.75 Å². The first-order valence-corrected chi connectivity index (χ1v) is 12.1. The van der Waals surface area contributed by atoms with Crippen LogP contribution in [0, 0.1) is 0 Å². The minimum Gasteiger partial charge on any atom is -0.494 e. The van der Waals surface area contributed by atoms with E-state index in [4.69, 9.17) is 9.72 Å². The van der Waals surface area contributed by atoms with Crippen LogP contribution in [0.25, 0.3) is 0 Å². The molecule has 9 nitrogen and oxygen atoms in total. The normalized spacial score (nSPS) is 16.8. The molecule has 4 rings (SSSR count). The van der Waals surface area contributed by atoms with Gasteiger partial charge in [-0.2, -0.15) is 4.98 Å². The summed E-state index contributed by atoms with van der Waals surface area (Å²) in [6.45, 7) is 13.2. The predicted molar refractivity (Wildman–Crippen MR) is 131 cm³/mol. The zero-order valence-electron chi connectivity index (χ0n) is 20.7. The molecule has 34 heavy (non-hydrogen) atoms. The number of anilines is 2. The number of nitrogens with one attached hydrogen (secondary N) is 1. The van der Waals surface area contributed by atoms with Gasteiger partial charge in [-0.3, -0.25) is 9.59 Å². The summed E-state index contributed by atoms with van der Waals surface area (Å²) in [6, 6.07) is 7.96. The summed E-state index contributed by atoms with van der Waals surface area (Å²) in [4.78, 5) is 40.6. The first-order chi connectivity index (χ1) is 16.3. The van der Waals surface area contributed by atoms with Crippen molar-refractivity contribution in [2.45, 2.75) is 53.2 Å². The van der Waals surface area contributed by atoms with Crippen LogP contribution in [0.1, 0.15) is 62.3 Å². The van der Waals surface area contributed by atoms with E-state index in [-0.39, 0.29) is 30.4 Å². The van der Waals surface area contributed by atoms with Crippen LogP contribution in [0.2, 0.25) is 0 Å². The molecule has 2 aliphatic rings. The molecule has 1 N–H and O–H groups in total. The maximum Gasteiger partial charge on any atom is 0.273 e. The van der Waals surface area contributed by atoms with E-state index < -0.39 is 0 Å². The van der Waals surface area contributed by atoms with Crippen LogP contribution >= 0.6 is 0 Å². The molecule has 0 aliphatic carbocycles. The van der Waals surface area contributed by atoms with E-state index in [0.29, 0.717) is 50.2 Å². The van der Waals surface area contributed by atoms with Crippen molar-refractivity contribution in [2.75, 3.05) is 43.0 Å². The Bertz CT molecular complexity index is 1060. The van der Waals surface area contributed by atoms with Crippen LogP contribution < -0.4 is 15.0 Å². The molecule has 1 aromatic heterocycles. The fraction of sp³-hybridized carbons (Fsp3) is 0.520. The van der Waals surface area contributed by atoms with Crippen molar-refractivity contribution in [3.8, 4) is 5.75 Å². The maximum atomic E-state index is 13.1. The lowest BCUT2D eigenvalue weighted by Crippen LogP contribution is -2.50. The third-order valence-corrected chi connectivity index (χ3v) is 6.44. The summed E-state index contributed by atoms with van der Waals surface area (Å²) in [7, 11) is 0. The molecule has 2 aromatic rings. The zero-order valence-corrected chi connectivity index (χ0v) is 20.7. The highest BCUT2D eigenvalue weighted by molar-refractivity contribution is 5.98. The van der Waals surface area contributed by atoms with Crippen molar-refractivity contribution in [3.63, 3.8) is 0 Å². The van der Waals surface area contributed by atoms with Gasteiger partial charge in [0.25, 0.3) is 5.91 Å². The van der Waals surface area contributed by atoms with Gasteiger partial charge < -0.3 is 24.8 Å². The average molecular weight is 467 g/mol. The molecule has 0 saturated carbocycles. The Labute approximate surface area is 201 Å². The summed E-state index contributed by atoms with van der Waals surface area (Å²) in [5.41, 5.74) is 2.30. The lowest BCUT2D eigenvalue weighted by molar-refractivity contribution is -0.130. The van der Waals surface area contributed by atoms with Gasteiger partial charge in [-0.05, 0) is 52.3 Å². The Morgan fingerprint density at radius 1 is 1.03 bits per heavy atom. The van der Waals surface area contributed by atoms with Gasteiger partial charge in [-0.15, -0.1) is 0 Å². The lowest BCUT2D eigenvalue weighted by atomic mass is 10.1. The van der Waals surface area contributed by atoms with Gasteiger partial charge in [0.05, 0.1) is 19.7 Å². The highest BCUT2D eigenvalue weighted by Crippen LogP contribution is 2.32. The number of fused-ring (bicyclic) bond motifs is 1. The highest BCUT2D eigenvalue weighted by Gasteiger charge is 2.36. The molecule has 2 aliphatic heterocycles. The Balaban J connectivity index is 1.65. The maximum absolute atomic E-state index is 13.1. The van der Waals surface area contributed by atoms with E-state index in [1.54, 1.807) is 4.90 Å². The molecule has 1 unspecified atom stereocenters. The van der Waals surface area contributed by atoms with Crippen molar-refractivity contribution in [3.05, 3.63) is 41.1 Å². The smallest absolute Gasteiger partial charge is 0.273 e. The predicted octanol–water partition coefficient (Wildman–Crippen LogP) is 3.08. The van der Waals surface area contributed by atoms with Crippen molar-refractivity contribution >= 4 is 23.6 Å². The summed E-state index contributed by atoms with van der Waals surface area (Å²) in [5.74, 6) is 1.85. The van der Waals surface area contributed by atoms with Crippen LogP contribution in [-0.2, 0) is 11.3 Å². The Morgan fingerprint density at radius 3 is 2.38 bits per heavy atom. The fourth-order valence-corrected chi connectivity index (χ4v) is 4.38. The topological polar surface area (TPSA) is 90.9 Å². The fourth-order valence-electron chi connectivity index (χ4n) is 4.38. The summed E-state index contributed by atoms with van der Waals surface area (Å²) < 4.78 is 5.55. The highest BCUT2D eigenvalue weighted by atomic mass is 16.5. The van der Waals surface area contributed by atoms with Crippen molar-refractivity contribution in [1.82, 2.24) is 19.8 Å². The van der Waals surface area contributed by atoms with E-state index in [2.05, 4.69) is 17.2 Å². The largest absolute Gasteiger partial charge is 0.494 e. The standard InChI is InChI=1S/C25H34N6O3/c1-6-29-12-13-30(15-21(29)32)25-27-22-20(14-31(16(3)4)24(22)33)23(28-25)26-17(5)18-8-10-19(11-9-18)34-7-2/h8-11,16-17H,6-7,12-15H2,1-5H3,(H,26,27,28). The number of hydrogen-bond acceptors (Lipinski definition) is 7. The number of carbonyl (C=O) groups is 2. The number of nitrogens with zero attached hydrogens (tertiary/aromatic N) is 5. The molecule has 1 saturated heterocycles. The van der Waals surface area contributed by atoms with Gasteiger partial charge in [0, 0.05) is 37.3 Å². The van der Waals surface area contributed by atoms with Crippen molar-refractivity contribution < 1.29 is 14.3 Å². The molecule has 182 valence electrons. The first kappa shape index (κ1) is 23.8. The Hall–Kier alpha value is -3.36. The van der Waals surface area contributed by atoms with Crippen LogP contribution in [0.15, 0.2) is 24.3 Å². The van der Waals surface area contributed by atoms with Gasteiger partial charge in [0.2, 0.25) is 11.9 Å². The molecule has 1 fully saturated rings. The molecule has 9 heteroatoms. The third kappa shape index (κ3) is 4.64. The van der Waals surface area contributed by atoms with E-state index in [1.807, 2.05) is 61.8 Å². The third-order valence-electron chi connectivity index (χ3n) is 6.44. The molecule has 0 bridgehead atoms. The Morgan fingerprint density at radius 2 is 1.76 bits per heavy atom.